The molecule has 2 aromatic rings. The third-order valence-corrected chi connectivity index (χ3v) is 7.59. The molecule has 0 fully saturated rings. The van der Waals surface area contributed by atoms with Crippen molar-refractivity contribution in [2.45, 2.75) is 119 Å². The minimum Gasteiger partial charge on any atom is -0.507 e. The lowest BCUT2D eigenvalue weighted by molar-refractivity contribution is 0.316. The van der Waals surface area contributed by atoms with E-state index >= 15 is 0 Å². The highest BCUT2D eigenvalue weighted by Gasteiger charge is 2.22. The van der Waals surface area contributed by atoms with Crippen LogP contribution in [-0.4, -0.2) is 36.4 Å². The lowest BCUT2D eigenvalue weighted by Gasteiger charge is -2.27. The molecule has 0 saturated heterocycles. The Hall–Kier alpha value is -2.12. The Balaban J connectivity index is 2.06. The van der Waals surface area contributed by atoms with Crippen molar-refractivity contribution in [2.75, 3.05) is 26.2 Å². The third kappa shape index (κ3) is 11.2. The molecule has 0 saturated carbocycles. The first kappa shape index (κ1) is 35.1. The normalized spacial score (nSPS) is 12.7. The van der Waals surface area contributed by atoms with Crippen LogP contribution in [0.4, 0.5) is 0 Å². The molecule has 0 aromatic heterocycles. The van der Waals surface area contributed by atoms with Crippen LogP contribution in [0.5, 0.6) is 11.5 Å². The number of nitrogens with one attached hydrogen (secondary N) is 4. The molecule has 232 valence electrons. The first-order valence-corrected chi connectivity index (χ1v) is 15.6. The average molecular weight is 569 g/mol. The third-order valence-electron chi connectivity index (χ3n) is 7.59. The molecule has 6 N–H and O–H groups in total. The van der Waals surface area contributed by atoms with Gasteiger partial charge >= 0.3 is 0 Å². The molecule has 0 radical (unpaired) electrons. The number of benzene rings is 2. The van der Waals surface area contributed by atoms with Crippen LogP contribution >= 0.6 is 0 Å². The van der Waals surface area contributed by atoms with E-state index in [9.17, 15) is 10.2 Å². The number of hydrogen-bond donors (Lipinski definition) is 6. The minimum absolute atomic E-state index is 0.00687. The number of phenols is 2. The molecule has 0 atom stereocenters. The first-order valence-electron chi connectivity index (χ1n) is 15.6. The molecule has 0 spiro atoms. The lowest BCUT2D eigenvalue weighted by Crippen LogP contribution is -2.37. The highest BCUT2D eigenvalue weighted by Crippen LogP contribution is 2.33. The Morgan fingerprint density at radius 2 is 0.805 bits per heavy atom. The highest BCUT2D eigenvalue weighted by atomic mass is 16.3. The van der Waals surface area contributed by atoms with Crippen molar-refractivity contribution in [3.8, 4) is 11.5 Å². The molecule has 0 bridgehead atoms. The first-order chi connectivity index (χ1) is 19.1. The molecule has 41 heavy (non-hydrogen) atoms. The summed E-state index contributed by atoms with van der Waals surface area (Å²) in [6.45, 7) is 28.1. The summed E-state index contributed by atoms with van der Waals surface area (Å²) < 4.78 is 0. The quantitative estimate of drug-likeness (QED) is 0.128. The van der Waals surface area contributed by atoms with Crippen LogP contribution in [-0.2, 0) is 37.0 Å². The Morgan fingerprint density at radius 3 is 1.07 bits per heavy atom. The van der Waals surface area contributed by atoms with Gasteiger partial charge in [-0.25, -0.2) is 0 Å². The van der Waals surface area contributed by atoms with Crippen LogP contribution in [0.3, 0.4) is 0 Å². The number of hydrogen-bond acceptors (Lipinski definition) is 6. The number of rotatable bonds is 16. The summed E-state index contributed by atoms with van der Waals surface area (Å²) in [7, 11) is 0. The summed E-state index contributed by atoms with van der Waals surface area (Å²) in [6, 6.07) is 8.58. The van der Waals surface area contributed by atoms with E-state index in [2.05, 4.69) is 115 Å². The van der Waals surface area contributed by atoms with E-state index in [4.69, 9.17) is 0 Å². The van der Waals surface area contributed by atoms with E-state index in [1.807, 2.05) is 0 Å². The van der Waals surface area contributed by atoms with Crippen molar-refractivity contribution in [3.63, 3.8) is 0 Å². The van der Waals surface area contributed by atoms with Crippen LogP contribution in [0.2, 0.25) is 0 Å². The van der Waals surface area contributed by atoms with Crippen LogP contribution in [0.25, 0.3) is 0 Å². The molecule has 0 aliphatic carbocycles. The van der Waals surface area contributed by atoms with Gasteiger partial charge in [-0.15, -0.1) is 0 Å². The Kier molecular flexibility index (Phi) is 13.2. The second kappa shape index (κ2) is 15.4. The Bertz CT molecular complexity index is 1010. The maximum atomic E-state index is 11.1. The minimum atomic E-state index is -0.0223. The zero-order valence-corrected chi connectivity index (χ0v) is 27.8. The van der Waals surface area contributed by atoms with Gasteiger partial charge in [0.2, 0.25) is 0 Å². The molecule has 0 aliphatic rings. The molecule has 0 amide bonds. The fourth-order valence-electron chi connectivity index (χ4n) is 4.86. The van der Waals surface area contributed by atoms with Gasteiger partial charge in [-0.05, 0) is 53.3 Å². The number of aromatic hydroxyl groups is 2. The van der Waals surface area contributed by atoms with Gasteiger partial charge in [0.05, 0.1) is 0 Å². The second-order valence-electron chi connectivity index (χ2n) is 14.5. The van der Waals surface area contributed by atoms with Crippen molar-refractivity contribution in [3.05, 3.63) is 57.6 Å². The van der Waals surface area contributed by atoms with Gasteiger partial charge in [-0.3, -0.25) is 0 Å². The maximum Gasteiger partial charge on any atom is 0.124 e. The van der Waals surface area contributed by atoms with Crippen LogP contribution in [0.15, 0.2) is 24.3 Å². The molecular weight excluding hydrogens is 508 g/mol. The largest absolute Gasteiger partial charge is 0.507 e. The Labute approximate surface area is 251 Å². The molecule has 0 unspecified atom stereocenters. The standard InChI is InChI=1S/C35H60N4O2/c1-11-13-36-19-25-15-29(33(3,4)5)17-27(31(25)40)21-38-23-35(9,10)24-39-22-28-18-30(34(6,7)8)16-26(32(28)41)20-37-14-12-2/h15-18,36-41H,11-14,19-24H2,1-10H3. The van der Waals surface area contributed by atoms with Gasteiger partial charge < -0.3 is 31.5 Å². The van der Waals surface area contributed by atoms with Gasteiger partial charge in [-0.1, -0.05) is 93.5 Å². The van der Waals surface area contributed by atoms with E-state index < -0.39 is 0 Å². The molecule has 6 nitrogen and oxygen atoms in total. The zero-order chi connectivity index (χ0) is 30.8. The molecular formula is C35H60N4O2. The van der Waals surface area contributed by atoms with Crippen LogP contribution < -0.4 is 21.3 Å². The summed E-state index contributed by atoms with van der Waals surface area (Å²) in [5.41, 5.74) is 6.29. The smallest absolute Gasteiger partial charge is 0.124 e. The SMILES string of the molecule is CCCNCc1cc(C(C)(C)C)cc(CNCC(C)(C)CNCc2cc(C(C)(C)C)cc(CNCCC)c2O)c1O. The van der Waals surface area contributed by atoms with Crippen molar-refractivity contribution in [1.82, 2.24) is 21.3 Å². The van der Waals surface area contributed by atoms with E-state index in [-0.39, 0.29) is 16.2 Å². The predicted octanol–water partition coefficient (Wildman–Crippen LogP) is 6.60. The summed E-state index contributed by atoms with van der Waals surface area (Å²) in [6.07, 6.45) is 2.13. The van der Waals surface area contributed by atoms with Crippen molar-refractivity contribution < 1.29 is 10.2 Å². The van der Waals surface area contributed by atoms with E-state index in [0.717, 1.165) is 61.3 Å². The average Bonchev–Trinajstić information content (AvgIpc) is 2.86. The van der Waals surface area contributed by atoms with Crippen LogP contribution in [0.1, 0.15) is 115 Å². The molecule has 0 aliphatic heterocycles. The van der Waals surface area contributed by atoms with Crippen LogP contribution in [0, 0.1) is 5.41 Å². The van der Waals surface area contributed by atoms with Gasteiger partial charge in [-0.2, -0.15) is 0 Å². The van der Waals surface area contributed by atoms with Gasteiger partial charge in [0, 0.05) is 61.5 Å². The fourth-order valence-corrected chi connectivity index (χ4v) is 4.86. The molecule has 2 aromatic carbocycles. The molecule has 0 heterocycles. The van der Waals surface area contributed by atoms with E-state index in [1.54, 1.807) is 0 Å². The van der Waals surface area contributed by atoms with Crippen molar-refractivity contribution in [2.24, 2.45) is 5.41 Å². The van der Waals surface area contributed by atoms with Gasteiger partial charge in [0.15, 0.2) is 0 Å². The summed E-state index contributed by atoms with van der Waals surface area (Å²) >= 11 is 0. The van der Waals surface area contributed by atoms with Gasteiger partial charge in [0.25, 0.3) is 0 Å². The number of phenolic OH excluding ortho intramolecular Hbond substituents is 2. The Morgan fingerprint density at radius 1 is 0.512 bits per heavy atom. The lowest BCUT2D eigenvalue weighted by atomic mass is 9.84. The summed E-state index contributed by atoms with van der Waals surface area (Å²) in [5, 5.41) is 36.2. The zero-order valence-electron chi connectivity index (χ0n) is 27.8. The summed E-state index contributed by atoms with van der Waals surface area (Å²) in [4.78, 5) is 0. The maximum absolute atomic E-state index is 11.1. The van der Waals surface area contributed by atoms with Gasteiger partial charge in [0.1, 0.15) is 11.5 Å². The summed E-state index contributed by atoms with van der Waals surface area (Å²) in [5.74, 6) is 0.784. The van der Waals surface area contributed by atoms with E-state index in [0.29, 0.717) is 37.7 Å². The van der Waals surface area contributed by atoms with Crippen molar-refractivity contribution >= 4 is 0 Å². The monoisotopic (exact) mass is 568 g/mol. The molecule has 2 rings (SSSR count). The predicted molar refractivity (Wildman–Crippen MR) is 175 cm³/mol. The molecule has 6 heteroatoms. The van der Waals surface area contributed by atoms with Crippen molar-refractivity contribution in [1.29, 1.82) is 0 Å². The fraction of sp³-hybridized carbons (Fsp3) is 0.657. The topological polar surface area (TPSA) is 88.6 Å². The highest BCUT2D eigenvalue weighted by molar-refractivity contribution is 5.46. The van der Waals surface area contributed by atoms with E-state index in [1.165, 1.54) is 11.1 Å². The second-order valence-corrected chi connectivity index (χ2v) is 14.5.